The van der Waals surface area contributed by atoms with Crippen molar-refractivity contribution < 1.29 is 24.1 Å². The van der Waals surface area contributed by atoms with Gasteiger partial charge in [-0.05, 0) is 72.0 Å². The quantitative estimate of drug-likeness (QED) is 0.0712. The zero-order chi connectivity index (χ0) is 32.4. The van der Waals surface area contributed by atoms with E-state index in [1.807, 2.05) is 55.5 Å². The lowest BCUT2D eigenvalue weighted by molar-refractivity contribution is -0.128. The van der Waals surface area contributed by atoms with E-state index in [9.17, 15) is 10.3 Å². The monoisotopic (exact) mass is 619 g/mol. The minimum absolute atomic E-state index is 0.0480. The Bertz CT molecular complexity index is 1720. The van der Waals surface area contributed by atoms with Crippen LogP contribution >= 0.6 is 0 Å². The normalized spacial score (nSPS) is 16.9. The maximum atomic E-state index is 14.5. The number of hydrogen-bond acceptors (Lipinski definition) is 7. The van der Waals surface area contributed by atoms with Gasteiger partial charge in [-0.2, -0.15) is 0 Å². The summed E-state index contributed by atoms with van der Waals surface area (Å²) in [5.41, 5.74) is 12.5. The average Bonchev–Trinajstić information content (AvgIpc) is 3.47. The first-order chi connectivity index (χ1) is 22.5. The van der Waals surface area contributed by atoms with E-state index < -0.39 is 11.6 Å². The maximum absolute atomic E-state index is 14.5. The molecule has 2 atom stereocenters. The van der Waals surface area contributed by atoms with Crippen LogP contribution < -0.4 is 14.8 Å². The molecular weight excluding hydrogens is 582 g/mol. The van der Waals surface area contributed by atoms with Gasteiger partial charge in [0.25, 0.3) is 5.91 Å². The molecule has 10 heteroatoms. The van der Waals surface area contributed by atoms with E-state index in [0.29, 0.717) is 65.8 Å². The van der Waals surface area contributed by atoms with Crippen molar-refractivity contribution >= 4 is 17.5 Å². The number of aliphatic hydroxyl groups excluding tert-OH is 1. The third-order valence-corrected chi connectivity index (χ3v) is 7.85. The molecule has 5 rings (SSSR count). The van der Waals surface area contributed by atoms with Gasteiger partial charge in [-0.3, -0.25) is 4.79 Å². The van der Waals surface area contributed by atoms with Gasteiger partial charge >= 0.3 is 0 Å². The van der Waals surface area contributed by atoms with Crippen LogP contribution in [0.15, 0.2) is 107 Å². The standard InChI is InChI=1S/C36H37N5O5/c1-25-11-13-26(14-12-25)19-20-38-35(43)36(24-29-7-3-4-10-32(29)40-41-37)33(28-8-5-9-31(23-28)44-2)46-34(39-36)27-15-17-30(18-16-27)45-22-6-21-42/h3-5,7-18,23,33,42H,6,19-22,24H2,1-2H3,(H,38,43)/t33-,36-/m1/s1. The topological polar surface area (TPSA) is 138 Å². The number of amides is 1. The van der Waals surface area contributed by atoms with Crippen molar-refractivity contribution in [3.05, 3.63) is 135 Å². The molecule has 0 radical (unpaired) electrons. The van der Waals surface area contributed by atoms with Gasteiger partial charge in [0, 0.05) is 42.2 Å². The van der Waals surface area contributed by atoms with Crippen LogP contribution in [0.1, 0.15) is 40.3 Å². The molecule has 2 N–H and O–H groups in total. The molecule has 4 aromatic carbocycles. The molecule has 0 spiro atoms. The lowest BCUT2D eigenvalue weighted by Crippen LogP contribution is -2.50. The van der Waals surface area contributed by atoms with E-state index in [2.05, 4.69) is 39.6 Å². The number of nitrogens with one attached hydrogen (secondary N) is 1. The number of carbonyl (C=O) groups excluding carboxylic acids is 1. The highest BCUT2D eigenvalue weighted by Gasteiger charge is 2.53. The van der Waals surface area contributed by atoms with Crippen LogP contribution in [-0.4, -0.2) is 49.3 Å². The van der Waals surface area contributed by atoms with Crippen molar-refractivity contribution in [2.75, 3.05) is 26.9 Å². The Morgan fingerprint density at radius 2 is 1.83 bits per heavy atom. The molecule has 1 heterocycles. The Kier molecular flexibility index (Phi) is 10.5. The molecule has 0 bridgehead atoms. The number of azide groups is 1. The Hall–Kier alpha value is -5.31. The lowest BCUT2D eigenvalue weighted by atomic mass is 9.81. The fraction of sp³-hybridized carbons (Fsp3) is 0.278. The number of aryl methyl sites for hydroxylation is 1. The number of benzene rings is 4. The Morgan fingerprint density at radius 1 is 1.04 bits per heavy atom. The first-order valence-corrected chi connectivity index (χ1v) is 15.2. The number of methoxy groups -OCH3 is 1. The molecule has 0 saturated carbocycles. The predicted molar refractivity (Wildman–Crippen MR) is 177 cm³/mol. The largest absolute Gasteiger partial charge is 0.497 e. The highest BCUT2D eigenvalue weighted by Crippen LogP contribution is 2.44. The van der Waals surface area contributed by atoms with Crippen LogP contribution in [0.5, 0.6) is 11.5 Å². The van der Waals surface area contributed by atoms with E-state index >= 15 is 0 Å². The first kappa shape index (κ1) is 32.1. The van der Waals surface area contributed by atoms with Gasteiger partial charge in [-0.15, -0.1) is 0 Å². The Balaban J connectivity index is 1.57. The fourth-order valence-electron chi connectivity index (χ4n) is 5.41. The highest BCUT2D eigenvalue weighted by atomic mass is 16.5. The molecule has 4 aromatic rings. The van der Waals surface area contributed by atoms with Gasteiger partial charge < -0.3 is 24.6 Å². The van der Waals surface area contributed by atoms with Crippen LogP contribution in [0.25, 0.3) is 10.4 Å². The minimum Gasteiger partial charge on any atom is -0.497 e. The second-order valence-electron chi connectivity index (χ2n) is 11.1. The van der Waals surface area contributed by atoms with E-state index in [-0.39, 0.29) is 18.9 Å². The molecule has 0 unspecified atom stereocenters. The number of aliphatic hydroxyl groups is 1. The predicted octanol–water partition coefficient (Wildman–Crippen LogP) is 6.57. The van der Waals surface area contributed by atoms with Crippen molar-refractivity contribution in [3.63, 3.8) is 0 Å². The number of aliphatic imine (C=N–C) groups is 1. The van der Waals surface area contributed by atoms with E-state index in [0.717, 1.165) is 5.56 Å². The molecule has 10 nitrogen and oxygen atoms in total. The number of hydrogen-bond donors (Lipinski definition) is 2. The SMILES string of the molecule is COc1cccc([C@H]2OC(c3ccc(OCCCO)cc3)=N[C@@]2(Cc2ccccc2N=[N+]=[N-])C(=O)NCCc2ccc(C)cc2)c1. The smallest absolute Gasteiger partial charge is 0.252 e. The summed E-state index contributed by atoms with van der Waals surface area (Å²) in [6, 6.07) is 30.1. The molecule has 1 aliphatic heterocycles. The van der Waals surface area contributed by atoms with Gasteiger partial charge in [0.15, 0.2) is 11.6 Å². The van der Waals surface area contributed by atoms with Crippen molar-refractivity contribution in [2.24, 2.45) is 10.1 Å². The van der Waals surface area contributed by atoms with Crippen molar-refractivity contribution in [3.8, 4) is 11.5 Å². The van der Waals surface area contributed by atoms with Crippen LogP contribution in [0, 0.1) is 6.92 Å². The van der Waals surface area contributed by atoms with Crippen LogP contribution in [-0.2, 0) is 22.4 Å². The van der Waals surface area contributed by atoms with Gasteiger partial charge in [-0.1, -0.05) is 71.3 Å². The van der Waals surface area contributed by atoms with Crippen molar-refractivity contribution in [1.82, 2.24) is 5.32 Å². The second-order valence-corrected chi connectivity index (χ2v) is 11.1. The van der Waals surface area contributed by atoms with E-state index in [1.165, 1.54) is 5.56 Å². The Morgan fingerprint density at radius 3 is 2.57 bits per heavy atom. The van der Waals surface area contributed by atoms with Gasteiger partial charge in [0.1, 0.15) is 11.5 Å². The Labute approximate surface area is 268 Å². The molecular formula is C36H37N5O5. The molecule has 1 amide bonds. The number of nitrogens with zero attached hydrogens (tertiary/aromatic N) is 4. The van der Waals surface area contributed by atoms with Crippen molar-refractivity contribution in [1.29, 1.82) is 0 Å². The highest BCUT2D eigenvalue weighted by molar-refractivity contribution is 6.01. The summed E-state index contributed by atoms with van der Waals surface area (Å²) < 4.78 is 17.8. The summed E-state index contributed by atoms with van der Waals surface area (Å²) in [4.78, 5) is 22.6. The van der Waals surface area contributed by atoms with E-state index in [1.54, 1.807) is 31.4 Å². The number of carbonyl (C=O) groups is 1. The third kappa shape index (κ3) is 7.48. The molecule has 236 valence electrons. The maximum Gasteiger partial charge on any atom is 0.252 e. The first-order valence-electron chi connectivity index (χ1n) is 15.2. The lowest BCUT2D eigenvalue weighted by Gasteiger charge is -2.31. The summed E-state index contributed by atoms with van der Waals surface area (Å²) in [7, 11) is 1.59. The van der Waals surface area contributed by atoms with Crippen LogP contribution in [0.4, 0.5) is 5.69 Å². The zero-order valence-electron chi connectivity index (χ0n) is 25.9. The van der Waals surface area contributed by atoms with Gasteiger partial charge in [0.2, 0.25) is 5.90 Å². The summed E-state index contributed by atoms with van der Waals surface area (Å²) in [5.74, 6) is 1.23. The molecule has 46 heavy (non-hydrogen) atoms. The van der Waals surface area contributed by atoms with Crippen molar-refractivity contribution in [2.45, 2.75) is 37.8 Å². The van der Waals surface area contributed by atoms with Gasteiger partial charge in [-0.25, -0.2) is 4.99 Å². The summed E-state index contributed by atoms with van der Waals surface area (Å²) in [6.45, 7) is 2.86. The molecule has 1 aliphatic rings. The van der Waals surface area contributed by atoms with Crippen LogP contribution in [0.2, 0.25) is 0 Å². The second kappa shape index (κ2) is 15.1. The molecule has 0 fully saturated rings. The fourth-order valence-corrected chi connectivity index (χ4v) is 5.41. The zero-order valence-corrected chi connectivity index (χ0v) is 25.9. The molecule has 0 aromatic heterocycles. The number of ether oxygens (including phenoxy) is 3. The van der Waals surface area contributed by atoms with Crippen LogP contribution in [0.3, 0.4) is 0 Å². The summed E-state index contributed by atoms with van der Waals surface area (Å²) in [6.07, 6.45) is 0.429. The molecule has 0 saturated heterocycles. The average molecular weight is 620 g/mol. The summed E-state index contributed by atoms with van der Waals surface area (Å²) in [5, 5.41) is 16.1. The summed E-state index contributed by atoms with van der Waals surface area (Å²) >= 11 is 0. The molecule has 0 aliphatic carbocycles. The van der Waals surface area contributed by atoms with Gasteiger partial charge in [0.05, 0.1) is 13.7 Å². The third-order valence-electron chi connectivity index (χ3n) is 7.85. The van der Waals surface area contributed by atoms with E-state index in [4.69, 9.17) is 24.3 Å². The number of rotatable bonds is 14. The minimum atomic E-state index is -1.47.